The lowest BCUT2D eigenvalue weighted by atomic mass is 9.81. The minimum absolute atomic E-state index is 0.942. The number of hydrogen-bond donors (Lipinski definition) is 0. The van der Waals surface area contributed by atoms with Crippen molar-refractivity contribution in [1.29, 1.82) is 0 Å². The van der Waals surface area contributed by atoms with Gasteiger partial charge in [0.2, 0.25) is 0 Å². The predicted octanol–water partition coefficient (Wildman–Crippen LogP) is 8.40. The zero-order valence-electron chi connectivity index (χ0n) is 16.6. The maximum absolute atomic E-state index is 2.54. The third-order valence-corrected chi connectivity index (χ3v) is 5.34. The zero-order valence-corrected chi connectivity index (χ0v) is 16.6. The molecule has 0 unspecified atom stereocenters. The summed E-state index contributed by atoms with van der Waals surface area (Å²) in [5.74, 6) is 2.96. The molecule has 0 N–H and O–H groups in total. The van der Waals surface area contributed by atoms with E-state index in [-0.39, 0.29) is 0 Å². The first-order chi connectivity index (χ1) is 10.7. The Balaban J connectivity index is 4.24. The topological polar surface area (TPSA) is 0 Å². The van der Waals surface area contributed by atoms with Crippen molar-refractivity contribution in [3.63, 3.8) is 0 Å². The van der Waals surface area contributed by atoms with E-state index in [0.29, 0.717) is 0 Å². The molecule has 0 heterocycles. The molecular formula is C22H46. The summed E-state index contributed by atoms with van der Waals surface area (Å²) in [5, 5.41) is 0. The molecule has 0 aliphatic heterocycles. The second-order valence-electron chi connectivity index (χ2n) is 7.88. The van der Waals surface area contributed by atoms with E-state index in [2.05, 4.69) is 34.6 Å². The second kappa shape index (κ2) is 15.9. The molecule has 0 aliphatic rings. The fraction of sp³-hybridized carbons (Fsp3) is 1.00. The van der Waals surface area contributed by atoms with Crippen LogP contribution >= 0.6 is 0 Å². The van der Waals surface area contributed by atoms with Crippen LogP contribution in [0.3, 0.4) is 0 Å². The molecule has 0 bridgehead atoms. The van der Waals surface area contributed by atoms with Gasteiger partial charge in [-0.15, -0.1) is 0 Å². The SMILES string of the molecule is CCCCC(CCCC)CC(C)CC(CCCC)CCCC. The van der Waals surface area contributed by atoms with Gasteiger partial charge in [-0.25, -0.2) is 0 Å². The van der Waals surface area contributed by atoms with E-state index in [1.165, 1.54) is 89.9 Å². The molecule has 22 heavy (non-hydrogen) atoms. The molecule has 0 spiro atoms. The zero-order chi connectivity index (χ0) is 16.6. The van der Waals surface area contributed by atoms with E-state index in [9.17, 15) is 0 Å². The average Bonchev–Trinajstić information content (AvgIpc) is 2.52. The Hall–Kier alpha value is 0. The van der Waals surface area contributed by atoms with Gasteiger partial charge in [0.05, 0.1) is 0 Å². The summed E-state index contributed by atoms with van der Waals surface area (Å²) in [5.41, 5.74) is 0. The smallest absolute Gasteiger partial charge is 0.0412 e. The van der Waals surface area contributed by atoms with Gasteiger partial charge in [-0.2, -0.15) is 0 Å². The molecule has 0 fully saturated rings. The maximum atomic E-state index is 2.54. The quantitative estimate of drug-likeness (QED) is 0.268. The maximum Gasteiger partial charge on any atom is -0.0412 e. The normalized spacial score (nSPS) is 12.0. The van der Waals surface area contributed by atoms with Crippen LogP contribution in [0.2, 0.25) is 0 Å². The van der Waals surface area contributed by atoms with Crippen LogP contribution in [-0.4, -0.2) is 0 Å². The van der Waals surface area contributed by atoms with E-state index < -0.39 is 0 Å². The van der Waals surface area contributed by atoms with Crippen molar-refractivity contribution in [3.05, 3.63) is 0 Å². The van der Waals surface area contributed by atoms with Crippen molar-refractivity contribution in [2.75, 3.05) is 0 Å². The summed E-state index contributed by atoms with van der Waals surface area (Å²) in [6.45, 7) is 11.9. The highest BCUT2D eigenvalue weighted by molar-refractivity contribution is 4.69. The summed E-state index contributed by atoms with van der Waals surface area (Å²) in [6, 6.07) is 0. The molecule has 0 aromatic heterocycles. The minimum Gasteiger partial charge on any atom is -0.0654 e. The van der Waals surface area contributed by atoms with Crippen molar-refractivity contribution in [1.82, 2.24) is 0 Å². The van der Waals surface area contributed by atoms with E-state index in [1.807, 2.05) is 0 Å². The van der Waals surface area contributed by atoms with Crippen molar-refractivity contribution >= 4 is 0 Å². The molecule has 0 amide bonds. The van der Waals surface area contributed by atoms with Crippen LogP contribution in [0.4, 0.5) is 0 Å². The monoisotopic (exact) mass is 310 g/mol. The fourth-order valence-corrected chi connectivity index (χ4v) is 3.97. The Bertz CT molecular complexity index is 170. The van der Waals surface area contributed by atoms with Crippen LogP contribution in [0.5, 0.6) is 0 Å². The van der Waals surface area contributed by atoms with Gasteiger partial charge in [-0.05, 0) is 30.6 Å². The van der Waals surface area contributed by atoms with Crippen LogP contribution in [0.1, 0.15) is 125 Å². The Morgan fingerprint density at radius 3 is 1.00 bits per heavy atom. The van der Waals surface area contributed by atoms with Gasteiger partial charge in [0, 0.05) is 0 Å². The van der Waals surface area contributed by atoms with Gasteiger partial charge in [-0.1, -0.05) is 112 Å². The largest absolute Gasteiger partial charge is 0.0654 e. The second-order valence-corrected chi connectivity index (χ2v) is 7.88. The number of unbranched alkanes of at least 4 members (excludes halogenated alkanes) is 4. The Labute approximate surface area is 142 Å². The van der Waals surface area contributed by atoms with E-state index in [1.54, 1.807) is 0 Å². The van der Waals surface area contributed by atoms with Gasteiger partial charge < -0.3 is 0 Å². The predicted molar refractivity (Wildman–Crippen MR) is 103 cm³/mol. The van der Waals surface area contributed by atoms with Gasteiger partial charge in [0.25, 0.3) is 0 Å². The highest BCUT2D eigenvalue weighted by atomic mass is 14.2. The lowest BCUT2D eigenvalue weighted by molar-refractivity contribution is 0.272. The fourth-order valence-electron chi connectivity index (χ4n) is 3.97. The van der Waals surface area contributed by atoms with Gasteiger partial charge in [-0.3, -0.25) is 0 Å². The van der Waals surface area contributed by atoms with Gasteiger partial charge in [0.1, 0.15) is 0 Å². The van der Waals surface area contributed by atoms with Crippen LogP contribution in [0.15, 0.2) is 0 Å². The Morgan fingerprint density at radius 2 is 0.773 bits per heavy atom. The molecular weight excluding hydrogens is 264 g/mol. The third kappa shape index (κ3) is 12.5. The van der Waals surface area contributed by atoms with Crippen molar-refractivity contribution in [3.8, 4) is 0 Å². The molecule has 0 atom stereocenters. The highest BCUT2D eigenvalue weighted by Crippen LogP contribution is 2.30. The highest BCUT2D eigenvalue weighted by Gasteiger charge is 2.17. The summed E-state index contributed by atoms with van der Waals surface area (Å²) >= 11 is 0. The number of rotatable bonds is 16. The Kier molecular flexibility index (Phi) is 15.9. The molecule has 0 aliphatic carbocycles. The summed E-state index contributed by atoms with van der Waals surface area (Å²) in [6.07, 6.45) is 20.1. The average molecular weight is 311 g/mol. The Morgan fingerprint density at radius 1 is 0.500 bits per heavy atom. The van der Waals surface area contributed by atoms with Crippen molar-refractivity contribution in [2.24, 2.45) is 17.8 Å². The van der Waals surface area contributed by atoms with Gasteiger partial charge >= 0.3 is 0 Å². The van der Waals surface area contributed by atoms with Gasteiger partial charge in [0.15, 0.2) is 0 Å². The number of hydrogen-bond acceptors (Lipinski definition) is 0. The lowest BCUT2D eigenvalue weighted by Crippen LogP contribution is -2.12. The summed E-state index contributed by atoms with van der Waals surface area (Å²) in [4.78, 5) is 0. The molecule has 0 aromatic rings. The molecule has 0 heteroatoms. The first-order valence-corrected chi connectivity index (χ1v) is 10.7. The van der Waals surface area contributed by atoms with E-state index in [0.717, 1.165) is 17.8 Å². The summed E-state index contributed by atoms with van der Waals surface area (Å²) in [7, 11) is 0. The first-order valence-electron chi connectivity index (χ1n) is 10.7. The van der Waals surface area contributed by atoms with Crippen LogP contribution in [0, 0.1) is 17.8 Å². The molecule has 0 nitrogen and oxygen atoms in total. The van der Waals surface area contributed by atoms with Crippen LogP contribution in [0.25, 0.3) is 0 Å². The van der Waals surface area contributed by atoms with E-state index >= 15 is 0 Å². The van der Waals surface area contributed by atoms with Crippen molar-refractivity contribution in [2.45, 2.75) is 125 Å². The minimum atomic E-state index is 0.942. The lowest BCUT2D eigenvalue weighted by Gasteiger charge is -2.25. The van der Waals surface area contributed by atoms with Crippen LogP contribution < -0.4 is 0 Å². The first kappa shape index (κ1) is 22.0. The summed E-state index contributed by atoms with van der Waals surface area (Å²) < 4.78 is 0. The molecule has 0 radical (unpaired) electrons. The molecule has 0 rings (SSSR count). The van der Waals surface area contributed by atoms with Crippen molar-refractivity contribution < 1.29 is 0 Å². The van der Waals surface area contributed by atoms with E-state index in [4.69, 9.17) is 0 Å². The third-order valence-electron chi connectivity index (χ3n) is 5.34. The molecule has 0 aromatic carbocycles. The van der Waals surface area contributed by atoms with Crippen LogP contribution in [-0.2, 0) is 0 Å². The molecule has 134 valence electrons. The molecule has 0 saturated heterocycles. The molecule has 0 saturated carbocycles. The standard InChI is InChI=1S/C22H46/c1-6-10-14-21(15-11-7-2)18-20(5)19-22(16-12-8-3)17-13-9-4/h20-22H,6-19H2,1-5H3.